The Morgan fingerprint density at radius 3 is 2.33 bits per heavy atom. The minimum atomic E-state index is -0.531. The van der Waals surface area contributed by atoms with E-state index in [0.29, 0.717) is 6.54 Å². The molecule has 2 amide bonds. The highest BCUT2D eigenvalue weighted by molar-refractivity contribution is 5.98. The molecule has 0 atom stereocenters. The molecule has 0 aromatic rings. The number of likely N-dealkylation sites (tertiary alicyclic amines) is 1. The van der Waals surface area contributed by atoms with Crippen molar-refractivity contribution in [3.63, 3.8) is 0 Å². The summed E-state index contributed by atoms with van der Waals surface area (Å²) < 4.78 is 5.18. The smallest absolute Gasteiger partial charge is 0.417 e. The Morgan fingerprint density at radius 2 is 1.93 bits per heavy atom. The molecule has 84 valence electrons. The van der Waals surface area contributed by atoms with Gasteiger partial charge in [-0.3, -0.25) is 4.79 Å². The van der Waals surface area contributed by atoms with Crippen LogP contribution in [-0.2, 0) is 9.53 Å². The first-order chi connectivity index (χ1) is 6.84. The number of nitrogens with zero attached hydrogens (tertiary/aromatic N) is 1. The second-order valence-corrected chi connectivity index (χ2v) is 5.47. The predicted octanol–water partition coefficient (Wildman–Crippen LogP) is 1.93. The van der Waals surface area contributed by atoms with Crippen LogP contribution in [-0.4, -0.2) is 29.0 Å². The molecule has 4 nitrogen and oxygen atoms in total. The van der Waals surface area contributed by atoms with Gasteiger partial charge in [0.05, 0.1) is 5.41 Å². The molecule has 0 radical (unpaired) electrons. The summed E-state index contributed by atoms with van der Waals surface area (Å²) >= 11 is 0. The normalized spacial score (nSPS) is 23.4. The van der Waals surface area contributed by atoms with E-state index in [1.165, 1.54) is 4.90 Å². The highest BCUT2D eigenvalue weighted by Gasteiger charge is 2.57. The van der Waals surface area contributed by atoms with E-state index >= 15 is 0 Å². The maximum Gasteiger partial charge on any atom is 0.417 e. The summed E-state index contributed by atoms with van der Waals surface area (Å²) in [7, 11) is 0. The second kappa shape index (κ2) is 2.97. The summed E-state index contributed by atoms with van der Waals surface area (Å²) in [5.74, 6) is -0.0308. The molecule has 1 saturated carbocycles. The molecule has 2 rings (SSSR count). The van der Waals surface area contributed by atoms with Crippen molar-refractivity contribution >= 4 is 12.0 Å². The van der Waals surface area contributed by atoms with Crippen molar-refractivity contribution in [3.8, 4) is 0 Å². The summed E-state index contributed by atoms with van der Waals surface area (Å²) in [4.78, 5) is 24.8. The van der Waals surface area contributed by atoms with Crippen molar-refractivity contribution in [3.05, 3.63) is 0 Å². The van der Waals surface area contributed by atoms with E-state index in [2.05, 4.69) is 0 Å². The lowest BCUT2D eigenvalue weighted by atomic mass is 10.1. The van der Waals surface area contributed by atoms with Gasteiger partial charge in [-0.25, -0.2) is 9.69 Å². The van der Waals surface area contributed by atoms with Gasteiger partial charge in [0.25, 0.3) is 0 Å². The lowest BCUT2D eigenvalue weighted by Gasteiger charge is -2.23. The zero-order valence-electron chi connectivity index (χ0n) is 9.50. The Balaban J connectivity index is 2.01. The van der Waals surface area contributed by atoms with Crippen molar-refractivity contribution in [2.24, 2.45) is 5.41 Å². The van der Waals surface area contributed by atoms with Crippen molar-refractivity contribution in [1.29, 1.82) is 0 Å². The summed E-state index contributed by atoms with van der Waals surface area (Å²) in [5.41, 5.74) is -0.715. The number of carbonyl (C=O) groups excluding carboxylic acids is 2. The molecular formula is C11H17NO3. The SMILES string of the molecule is CC(C)(C)OC(=O)N1CCC2(CC2)C1=O. The molecule has 2 fully saturated rings. The molecule has 4 heteroatoms. The van der Waals surface area contributed by atoms with Gasteiger partial charge in [-0.05, 0) is 40.0 Å². The first-order valence-electron chi connectivity index (χ1n) is 5.39. The third kappa shape index (κ3) is 1.85. The van der Waals surface area contributed by atoms with Crippen LogP contribution >= 0.6 is 0 Å². The first kappa shape index (κ1) is 10.5. The van der Waals surface area contributed by atoms with E-state index < -0.39 is 11.7 Å². The molecule has 1 saturated heterocycles. The predicted molar refractivity (Wildman–Crippen MR) is 54.2 cm³/mol. The number of rotatable bonds is 0. The summed E-state index contributed by atoms with van der Waals surface area (Å²) in [6.07, 6.45) is 2.19. The molecule has 1 spiro atoms. The average molecular weight is 211 g/mol. The molecule has 0 aromatic carbocycles. The Morgan fingerprint density at radius 1 is 1.33 bits per heavy atom. The molecule has 2 aliphatic rings. The van der Waals surface area contributed by atoms with Gasteiger partial charge in [0.15, 0.2) is 0 Å². The summed E-state index contributed by atoms with van der Waals surface area (Å²) in [5, 5.41) is 0. The van der Waals surface area contributed by atoms with Gasteiger partial charge < -0.3 is 4.74 Å². The largest absolute Gasteiger partial charge is 0.443 e. The van der Waals surface area contributed by atoms with Gasteiger partial charge in [-0.1, -0.05) is 0 Å². The van der Waals surface area contributed by atoms with Crippen LogP contribution in [0, 0.1) is 5.41 Å². The van der Waals surface area contributed by atoms with Gasteiger partial charge in [0.1, 0.15) is 5.60 Å². The van der Waals surface area contributed by atoms with Crippen LogP contribution in [0.25, 0.3) is 0 Å². The van der Waals surface area contributed by atoms with Crippen molar-refractivity contribution in [1.82, 2.24) is 4.90 Å². The molecule has 0 bridgehead atoms. The number of carbonyl (C=O) groups is 2. The number of ether oxygens (including phenoxy) is 1. The van der Waals surface area contributed by atoms with Crippen molar-refractivity contribution in [2.75, 3.05) is 6.54 Å². The molecular weight excluding hydrogens is 194 g/mol. The third-order valence-corrected chi connectivity index (χ3v) is 2.98. The van der Waals surface area contributed by atoms with E-state index in [-0.39, 0.29) is 11.3 Å². The third-order valence-electron chi connectivity index (χ3n) is 2.98. The highest BCUT2D eigenvalue weighted by Crippen LogP contribution is 2.53. The van der Waals surface area contributed by atoms with Crippen LogP contribution in [0.15, 0.2) is 0 Å². The van der Waals surface area contributed by atoms with E-state index in [4.69, 9.17) is 4.74 Å². The van der Waals surface area contributed by atoms with Crippen LogP contribution in [0.2, 0.25) is 0 Å². The number of amides is 2. The Bertz CT molecular complexity index is 312. The second-order valence-electron chi connectivity index (χ2n) is 5.47. The summed E-state index contributed by atoms with van der Waals surface area (Å²) in [6.45, 7) is 5.93. The Hall–Kier alpha value is -1.06. The molecule has 1 aliphatic carbocycles. The fraction of sp³-hybridized carbons (Fsp3) is 0.818. The monoisotopic (exact) mass is 211 g/mol. The van der Waals surface area contributed by atoms with Gasteiger partial charge in [0.2, 0.25) is 5.91 Å². The maximum absolute atomic E-state index is 11.8. The van der Waals surface area contributed by atoms with E-state index in [1.807, 2.05) is 0 Å². The molecule has 1 aliphatic heterocycles. The van der Waals surface area contributed by atoms with Crippen molar-refractivity contribution in [2.45, 2.75) is 45.6 Å². The molecule has 0 N–H and O–H groups in total. The zero-order valence-corrected chi connectivity index (χ0v) is 9.50. The zero-order chi connectivity index (χ0) is 11.3. The van der Waals surface area contributed by atoms with E-state index in [1.54, 1.807) is 20.8 Å². The van der Waals surface area contributed by atoms with Gasteiger partial charge in [-0.15, -0.1) is 0 Å². The average Bonchev–Trinajstić information content (AvgIpc) is 2.74. The first-order valence-corrected chi connectivity index (χ1v) is 5.39. The maximum atomic E-state index is 11.8. The van der Waals surface area contributed by atoms with Crippen LogP contribution in [0.5, 0.6) is 0 Å². The minimum absolute atomic E-state index is 0.0308. The lowest BCUT2D eigenvalue weighted by Crippen LogP contribution is -2.38. The van der Waals surface area contributed by atoms with E-state index in [9.17, 15) is 9.59 Å². The van der Waals surface area contributed by atoms with Crippen LogP contribution < -0.4 is 0 Å². The molecule has 1 heterocycles. The number of hydrogen-bond donors (Lipinski definition) is 0. The fourth-order valence-electron chi connectivity index (χ4n) is 1.93. The quantitative estimate of drug-likeness (QED) is 0.615. The molecule has 0 aromatic heterocycles. The minimum Gasteiger partial charge on any atom is -0.443 e. The highest BCUT2D eigenvalue weighted by atomic mass is 16.6. The van der Waals surface area contributed by atoms with Crippen LogP contribution in [0.4, 0.5) is 4.79 Å². The Kier molecular flexibility index (Phi) is 2.07. The standard InChI is InChI=1S/C11H17NO3/c1-10(2,3)15-9(14)12-7-6-11(4-5-11)8(12)13/h4-7H2,1-3H3. The summed E-state index contributed by atoms with van der Waals surface area (Å²) in [6, 6.07) is 0. The number of hydrogen-bond acceptors (Lipinski definition) is 3. The van der Waals surface area contributed by atoms with Crippen LogP contribution in [0.3, 0.4) is 0 Å². The van der Waals surface area contributed by atoms with Crippen molar-refractivity contribution < 1.29 is 14.3 Å². The van der Waals surface area contributed by atoms with Gasteiger partial charge in [0, 0.05) is 6.54 Å². The topological polar surface area (TPSA) is 46.6 Å². The fourth-order valence-corrected chi connectivity index (χ4v) is 1.93. The van der Waals surface area contributed by atoms with Gasteiger partial charge >= 0.3 is 6.09 Å². The molecule has 15 heavy (non-hydrogen) atoms. The Labute approximate surface area is 89.6 Å². The lowest BCUT2D eigenvalue weighted by molar-refractivity contribution is -0.131. The van der Waals surface area contributed by atoms with E-state index in [0.717, 1.165) is 19.3 Å². The number of imide groups is 1. The molecule has 0 unspecified atom stereocenters. The van der Waals surface area contributed by atoms with Crippen LogP contribution in [0.1, 0.15) is 40.0 Å². The van der Waals surface area contributed by atoms with Gasteiger partial charge in [-0.2, -0.15) is 0 Å².